The third-order valence-electron chi connectivity index (χ3n) is 4.17. The lowest BCUT2D eigenvalue weighted by Gasteiger charge is -2.26. The van der Waals surface area contributed by atoms with E-state index in [1.165, 1.54) is 0 Å². The van der Waals surface area contributed by atoms with E-state index in [1.807, 2.05) is 5.32 Å². The number of nitrogens with one attached hydrogen (secondary N) is 5. The summed E-state index contributed by atoms with van der Waals surface area (Å²) in [7, 11) is 0. The Labute approximate surface area is 189 Å². The maximum Gasteiger partial charge on any atom is 0.244 e. The van der Waals surface area contributed by atoms with Crippen molar-refractivity contribution in [2.75, 3.05) is 18.8 Å². The summed E-state index contributed by atoms with van der Waals surface area (Å²) in [5.41, 5.74) is 10.5. The van der Waals surface area contributed by atoms with Crippen molar-refractivity contribution in [1.29, 1.82) is 0 Å². The fourth-order valence-corrected chi connectivity index (χ4v) is 2.95. The molecule has 1 aliphatic heterocycles. The van der Waals surface area contributed by atoms with Gasteiger partial charge in [0.05, 0.1) is 13.0 Å². The second kappa shape index (κ2) is 13.1. The van der Waals surface area contributed by atoms with Crippen LogP contribution in [-0.2, 0) is 28.8 Å². The number of amides is 6. The van der Waals surface area contributed by atoms with Gasteiger partial charge in [-0.3, -0.25) is 39.1 Å². The van der Waals surface area contributed by atoms with E-state index >= 15 is 0 Å². The molecule has 1 fully saturated rings. The van der Waals surface area contributed by atoms with Gasteiger partial charge in [-0.1, -0.05) is 0 Å². The molecular weight excluding hydrogens is 444 g/mol. The van der Waals surface area contributed by atoms with E-state index in [0.29, 0.717) is 6.42 Å². The molecule has 6 amide bonds. The molecule has 15 heteroatoms. The second-order valence-electron chi connectivity index (χ2n) is 6.90. The fourth-order valence-electron chi connectivity index (χ4n) is 2.69. The second-order valence-corrected chi connectivity index (χ2v) is 7.27. The average molecular weight is 473 g/mol. The molecule has 0 aromatic rings. The lowest BCUT2D eigenvalue weighted by Crippen LogP contribution is -2.60. The number of imide groups is 1. The number of nitrogens with zero attached hydrogens (tertiary/aromatic N) is 1. The van der Waals surface area contributed by atoms with Gasteiger partial charge >= 0.3 is 0 Å². The summed E-state index contributed by atoms with van der Waals surface area (Å²) in [4.78, 5) is 76.6. The SMILES string of the molecule is CC(=O)NC(=O)C[C@@H]1NC(=O)[C@H](CS)NC(=O)[C@H](CCCN=C(N)N)NC(=O)CNC1=O. The minimum atomic E-state index is -1.39. The van der Waals surface area contributed by atoms with Crippen LogP contribution in [0.25, 0.3) is 0 Å². The summed E-state index contributed by atoms with van der Waals surface area (Å²) in [6, 6.07) is -3.56. The molecule has 0 unspecified atom stereocenters. The average Bonchev–Trinajstić information content (AvgIpc) is 2.70. The van der Waals surface area contributed by atoms with E-state index in [4.69, 9.17) is 11.5 Å². The van der Waals surface area contributed by atoms with Crippen LogP contribution in [0.5, 0.6) is 0 Å². The van der Waals surface area contributed by atoms with Gasteiger partial charge in [0.15, 0.2) is 5.96 Å². The highest BCUT2D eigenvalue weighted by Crippen LogP contribution is 2.03. The number of thiol groups is 1. The van der Waals surface area contributed by atoms with Gasteiger partial charge in [-0.2, -0.15) is 12.6 Å². The zero-order chi connectivity index (χ0) is 24.3. The van der Waals surface area contributed by atoms with Gasteiger partial charge in [0.1, 0.15) is 18.1 Å². The van der Waals surface area contributed by atoms with Crippen LogP contribution < -0.4 is 38.1 Å². The molecule has 0 aromatic heterocycles. The Balaban J connectivity index is 2.99. The van der Waals surface area contributed by atoms with Crippen molar-refractivity contribution >= 4 is 54.0 Å². The smallest absolute Gasteiger partial charge is 0.244 e. The van der Waals surface area contributed by atoms with Gasteiger partial charge in [0, 0.05) is 19.2 Å². The van der Waals surface area contributed by atoms with Gasteiger partial charge in [-0.05, 0) is 12.8 Å². The number of carbonyl (C=O) groups excluding carboxylic acids is 6. The number of aliphatic imine (C=N–C) groups is 1. The minimum absolute atomic E-state index is 0.113. The van der Waals surface area contributed by atoms with Crippen LogP contribution in [0.1, 0.15) is 26.2 Å². The zero-order valence-electron chi connectivity index (χ0n) is 17.5. The van der Waals surface area contributed by atoms with E-state index in [2.05, 4.69) is 38.9 Å². The molecular formula is C17H28N8O6S. The van der Waals surface area contributed by atoms with Crippen LogP contribution in [-0.4, -0.2) is 78.4 Å². The van der Waals surface area contributed by atoms with E-state index in [-0.39, 0.29) is 24.7 Å². The highest BCUT2D eigenvalue weighted by Gasteiger charge is 2.31. The molecule has 32 heavy (non-hydrogen) atoms. The molecule has 1 saturated heterocycles. The van der Waals surface area contributed by atoms with Crippen LogP contribution in [0, 0.1) is 0 Å². The molecule has 1 aliphatic rings. The molecule has 1 heterocycles. The molecule has 0 bridgehead atoms. The maximum absolute atomic E-state index is 12.6. The monoisotopic (exact) mass is 472 g/mol. The first-order chi connectivity index (χ1) is 15.0. The third-order valence-corrected chi connectivity index (χ3v) is 4.54. The van der Waals surface area contributed by atoms with Gasteiger partial charge in [-0.15, -0.1) is 0 Å². The summed E-state index contributed by atoms with van der Waals surface area (Å²) in [5.74, 6) is -4.57. The van der Waals surface area contributed by atoms with E-state index in [9.17, 15) is 28.8 Å². The number of hydrogen-bond acceptors (Lipinski definition) is 8. The number of nitrogens with two attached hydrogens (primary N) is 2. The number of hydrogen-bond donors (Lipinski definition) is 8. The predicted molar refractivity (Wildman–Crippen MR) is 116 cm³/mol. The summed E-state index contributed by atoms with van der Waals surface area (Å²) >= 11 is 4.05. The topological polar surface area (TPSA) is 227 Å². The van der Waals surface area contributed by atoms with Gasteiger partial charge in [0.2, 0.25) is 35.4 Å². The van der Waals surface area contributed by atoms with Gasteiger partial charge in [0.25, 0.3) is 0 Å². The van der Waals surface area contributed by atoms with Gasteiger partial charge in [-0.25, -0.2) is 0 Å². The first kappa shape index (κ1) is 26.7. The Bertz CT molecular complexity index is 785. The standard InChI is InChI=1S/C17H28N8O6S/c1-8(26)22-12(27)5-10-14(29)21-6-13(28)23-9(3-2-4-20-17(18)19)15(30)25-11(7-32)16(31)24-10/h9-11,32H,2-7H2,1H3,(H,21,29)(H,23,28)(H,24,31)(H,25,30)(H4,18,19,20)(H,22,26,27)/t9-,10-,11-/m0/s1. The molecule has 3 atom stereocenters. The number of rotatable bonds is 7. The summed E-state index contributed by atoms with van der Waals surface area (Å²) in [6.45, 7) is 0.828. The van der Waals surface area contributed by atoms with Crippen LogP contribution in [0.4, 0.5) is 0 Å². The first-order valence-electron chi connectivity index (χ1n) is 9.68. The van der Waals surface area contributed by atoms with Crippen LogP contribution >= 0.6 is 12.6 Å². The van der Waals surface area contributed by atoms with Crippen molar-refractivity contribution in [2.45, 2.75) is 44.3 Å². The molecule has 1 rings (SSSR count). The Morgan fingerprint density at radius 1 is 1.03 bits per heavy atom. The third kappa shape index (κ3) is 9.63. The summed E-state index contributed by atoms with van der Waals surface area (Å²) in [5, 5.41) is 11.6. The Morgan fingerprint density at radius 3 is 2.25 bits per heavy atom. The molecule has 0 radical (unpaired) electrons. The summed E-state index contributed by atoms with van der Waals surface area (Å²) in [6.07, 6.45) is -0.0375. The molecule has 178 valence electrons. The highest BCUT2D eigenvalue weighted by atomic mass is 32.1. The molecule has 0 spiro atoms. The van der Waals surface area contributed by atoms with E-state index in [0.717, 1.165) is 6.92 Å². The number of carbonyl (C=O) groups is 6. The van der Waals surface area contributed by atoms with Crippen molar-refractivity contribution < 1.29 is 28.8 Å². The van der Waals surface area contributed by atoms with Crippen molar-refractivity contribution in [3.05, 3.63) is 0 Å². The summed E-state index contributed by atoms with van der Waals surface area (Å²) < 4.78 is 0. The van der Waals surface area contributed by atoms with Crippen molar-refractivity contribution in [3.63, 3.8) is 0 Å². The van der Waals surface area contributed by atoms with Crippen molar-refractivity contribution in [2.24, 2.45) is 16.5 Å². The molecule has 0 aliphatic carbocycles. The Hall–Kier alpha value is -3.36. The highest BCUT2D eigenvalue weighted by molar-refractivity contribution is 7.80. The van der Waals surface area contributed by atoms with E-state index in [1.54, 1.807) is 0 Å². The molecule has 14 nitrogen and oxygen atoms in total. The van der Waals surface area contributed by atoms with Gasteiger partial charge < -0.3 is 32.7 Å². The lowest BCUT2D eigenvalue weighted by atomic mass is 10.1. The van der Waals surface area contributed by atoms with E-state index < -0.39 is 66.5 Å². The lowest BCUT2D eigenvalue weighted by molar-refractivity contribution is -0.136. The van der Waals surface area contributed by atoms with Crippen LogP contribution in [0.3, 0.4) is 0 Å². The van der Waals surface area contributed by atoms with Crippen molar-refractivity contribution in [3.8, 4) is 0 Å². The number of guanidine groups is 1. The van der Waals surface area contributed by atoms with Crippen LogP contribution in [0.2, 0.25) is 0 Å². The predicted octanol–water partition coefficient (Wildman–Crippen LogP) is -4.39. The first-order valence-corrected chi connectivity index (χ1v) is 10.3. The van der Waals surface area contributed by atoms with Crippen molar-refractivity contribution in [1.82, 2.24) is 26.6 Å². The maximum atomic E-state index is 12.6. The quantitative estimate of drug-likeness (QED) is 0.0779. The minimum Gasteiger partial charge on any atom is -0.370 e. The fraction of sp³-hybridized carbons (Fsp3) is 0.588. The van der Waals surface area contributed by atoms with Crippen LogP contribution in [0.15, 0.2) is 4.99 Å². The zero-order valence-corrected chi connectivity index (χ0v) is 18.4. The Morgan fingerprint density at radius 2 is 1.66 bits per heavy atom. The largest absolute Gasteiger partial charge is 0.370 e. The normalized spacial score (nSPS) is 22.1. The Kier molecular flexibility index (Phi) is 11.0. The molecule has 9 N–H and O–H groups in total. The molecule has 0 saturated carbocycles. The molecule has 0 aromatic carbocycles.